The average Bonchev–Trinajstić information content (AvgIpc) is 3.07. The first-order valence-corrected chi connectivity index (χ1v) is 7.05. The Morgan fingerprint density at radius 3 is 2.61 bits per heavy atom. The Balaban J connectivity index is 1.95. The summed E-state index contributed by atoms with van der Waals surface area (Å²) in [4.78, 5) is 13.9. The van der Waals surface area contributed by atoms with Crippen molar-refractivity contribution in [1.29, 1.82) is 5.26 Å². The highest BCUT2D eigenvalue weighted by molar-refractivity contribution is 5.97. The van der Waals surface area contributed by atoms with Crippen molar-refractivity contribution >= 4 is 17.3 Å². The Morgan fingerprint density at radius 1 is 1.30 bits per heavy atom. The molecular weight excluding hydrogens is 292 g/mol. The molecule has 0 aliphatic rings. The average molecular weight is 310 g/mol. The fourth-order valence-electron chi connectivity index (χ4n) is 1.84. The summed E-state index contributed by atoms with van der Waals surface area (Å²) >= 11 is 0. The number of carbonyl (C=O) groups is 1. The summed E-state index contributed by atoms with van der Waals surface area (Å²) in [5.41, 5.74) is 1.85. The van der Waals surface area contributed by atoms with E-state index in [9.17, 15) is 4.79 Å². The zero-order valence-corrected chi connectivity index (χ0v) is 13.0. The zero-order valence-electron chi connectivity index (χ0n) is 13.0. The van der Waals surface area contributed by atoms with Crippen molar-refractivity contribution in [2.75, 3.05) is 24.3 Å². The molecule has 118 valence electrons. The van der Waals surface area contributed by atoms with Gasteiger partial charge in [0.15, 0.2) is 0 Å². The van der Waals surface area contributed by atoms with E-state index in [1.807, 2.05) is 49.3 Å². The van der Waals surface area contributed by atoms with Crippen LogP contribution >= 0.6 is 0 Å². The Labute approximate surface area is 135 Å². The highest BCUT2D eigenvalue weighted by Gasteiger charge is 2.09. The smallest absolute Gasteiger partial charge is 0.263 e. The van der Waals surface area contributed by atoms with Gasteiger partial charge in [-0.05, 0) is 36.4 Å². The van der Waals surface area contributed by atoms with Gasteiger partial charge >= 0.3 is 0 Å². The molecule has 2 rings (SSSR count). The van der Waals surface area contributed by atoms with Crippen LogP contribution in [-0.4, -0.2) is 20.0 Å². The first-order chi connectivity index (χ1) is 11.1. The fraction of sp³-hybridized carbons (Fsp3) is 0.176. The van der Waals surface area contributed by atoms with Gasteiger partial charge in [0.05, 0.1) is 12.8 Å². The molecule has 1 amide bonds. The molecule has 0 spiro atoms. The first-order valence-electron chi connectivity index (χ1n) is 7.05. The van der Waals surface area contributed by atoms with E-state index in [1.165, 1.54) is 12.5 Å². The Hall–Kier alpha value is -3.20. The second-order valence-electron chi connectivity index (χ2n) is 5.02. The summed E-state index contributed by atoms with van der Waals surface area (Å²) in [6.45, 7) is 0.238. The van der Waals surface area contributed by atoms with Gasteiger partial charge in [-0.1, -0.05) is 0 Å². The van der Waals surface area contributed by atoms with Gasteiger partial charge in [0.25, 0.3) is 5.91 Å². The fourth-order valence-corrected chi connectivity index (χ4v) is 1.84. The lowest BCUT2D eigenvalue weighted by Gasteiger charge is -2.12. The molecule has 6 heteroatoms. The van der Waals surface area contributed by atoms with Crippen molar-refractivity contribution in [1.82, 2.24) is 5.32 Å². The number of benzene rings is 1. The molecule has 1 aromatic heterocycles. The minimum atomic E-state index is -0.457. The van der Waals surface area contributed by atoms with E-state index < -0.39 is 5.91 Å². The number of rotatable bonds is 6. The van der Waals surface area contributed by atoms with Crippen molar-refractivity contribution in [3.63, 3.8) is 0 Å². The van der Waals surface area contributed by atoms with Crippen LogP contribution in [0, 0.1) is 11.3 Å². The van der Waals surface area contributed by atoms with Crippen LogP contribution in [-0.2, 0) is 11.3 Å². The van der Waals surface area contributed by atoms with Gasteiger partial charge in [0, 0.05) is 31.7 Å². The molecule has 1 aromatic carbocycles. The molecule has 2 N–H and O–H groups in total. The summed E-state index contributed by atoms with van der Waals surface area (Å²) in [5, 5.41) is 14.7. The predicted octanol–water partition coefficient (Wildman–Crippen LogP) is 2.48. The van der Waals surface area contributed by atoms with Gasteiger partial charge in [-0.2, -0.15) is 5.26 Å². The van der Waals surface area contributed by atoms with Crippen molar-refractivity contribution in [3.05, 3.63) is 60.2 Å². The molecule has 0 atom stereocenters. The van der Waals surface area contributed by atoms with E-state index in [1.54, 1.807) is 12.1 Å². The second kappa shape index (κ2) is 7.71. The summed E-state index contributed by atoms with van der Waals surface area (Å²) in [6.07, 6.45) is 2.92. The molecule has 0 saturated heterocycles. The number of furan rings is 1. The third-order valence-corrected chi connectivity index (χ3v) is 3.14. The van der Waals surface area contributed by atoms with Gasteiger partial charge in [-0.3, -0.25) is 4.79 Å². The van der Waals surface area contributed by atoms with Crippen molar-refractivity contribution in [2.24, 2.45) is 0 Å². The number of carbonyl (C=O) groups excluding carboxylic acids is 1. The molecule has 0 fully saturated rings. The maximum absolute atomic E-state index is 11.9. The van der Waals surface area contributed by atoms with Crippen LogP contribution in [0.15, 0.2) is 58.9 Å². The maximum Gasteiger partial charge on any atom is 0.263 e. The number of nitrogens with zero attached hydrogens (tertiary/aromatic N) is 2. The van der Waals surface area contributed by atoms with Crippen molar-refractivity contribution in [2.45, 2.75) is 6.54 Å². The number of hydrogen-bond acceptors (Lipinski definition) is 5. The van der Waals surface area contributed by atoms with E-state index >= 15 is 0 Å². The molecule has 6 nitrogen and oxygen atoms in total. The van der Waals surface area contributed by atoms with Crippen molar-refractivity contribution < 1.29 is 9.21 Å². The SMILES string of the molecule is CN(C)c1ccc(N/C=C(/C#N)C(=O)NCc2ccco2)cc1. The van der Waals surface area contributed by atoms with Gasteiger partial charge in [-0.15, -0.1) is 0 Å². The van der Waals surface area contributed by atoms with Crippen LogP contribution in [0.5, 0.6) is 0 Å². The zero-order chi connectivity index (χ0) is 16.7. The number of anilines is 2. The van der Waals surface area contributed by atoms with E-state index in [4.69, 9.17) is 9.68 Å². The van der Waals surface area contributed by atoms with E-state index in [0.717, 1.165) is 11.4 Å². The molecule has 0 radical (unpaired) electrons. The molecule has 0 saturated carbocycles. The molecule has 1 heterocycles. The van der Waals surface area contributed by atoms with Crippen LogP contribution in [0.3, 0.4) is 0 Å². The molecule has 0 aliphatic heterocycles. The largest absolute Gasteiger partial charge is 0.467 e. The Morgan fingerprint density at radius 2 is 2.04 bits per heavy atom. The number of nitrogens with one attached hydrogen (secondary N) is 2. The number of hydrogen-bond donors (Lipinski definition) is 2. The molecule has 2 aromatic rings. The van der Waals surface area contributed by atoms with Gasteiger partial charge in [0.1, 0.15) is 17.4 Å². The topological polar surface area (TPSA) is 81.3 Å². The molecule has 0 unspecified atom stereocenters. The second-order valence-corrected chi connectivity index (χ2v) is 5.02. The third-order valence-electron chi connectivity index (χ3n) is 3.14. The van der Waals surface area contributed by atoms with Crippen molar-refractivity contribution in [3.8, 4) is 6.07 Å². The quantitative estimate of drug-likeness (QED) is 0.633. The van der Waals surface area contributed by atoms with E-state index in [-0.39, 0.29) is 12.1 Å². The number of nitriles is 1. The van der Waals surface area contributed by atoms with Crippen LogP contribution < -0.4 is 15.5 Å². The number of amides is 1. The minimum absolute atomic E-state index is 0.00626. The van der Waals surface area contributed by atoms with Gasteiger partial charge < -0.3 is 20.0 Å². The molecule has 0 aliphatic carbocycles. The van der Waals surface area contributed by atoms with E-state index in [2.05, 4.69) is 10.6 Å². The third kappa shape index (κ3) is 4.64. The summed E-state index contributed by atoms with van der Waals surface area (Å²) in [7, 11) is 3.92. The van der Waals surface area contributed by atoms with Crippen LogP contribution in [0.25, 0.3) is 0 Å². The Kier molecular flexibility index (Phi) is 5.42. The molecular formula is C17H18N4O2. The highest BCUT2D eigenvalue weighted by Crippen LogP contribution is 2.15. The lowest BCUT2D eigenvalue weighted by Crippen LogP contribution is -2.24. The van der Waals surface area contributed by atoms with Crippen LogP contribution in [0.2, 0.25) is 0 Å². The monoisotopic (exact) mass is 310 g/mol. The predicted molar refractivity (Wildman–Crippen MR) is 88.6 cm³/mol. The van der Waals surface area contributed by atoms with Gasteiger partial charge in [-0.25, -0.2) is 0 Å². The van der Waals surface area contributed by atoms with Crippen LogP contribution in [0.1, 0.15) is 5.76 Å². The standard InChI is InChI=1S/C17H18N4O2/c1-21(2)15-7-5-14(6-8-15)19-11-13(10-18)17(22)20-12-16-4-3-9-23-16/h3-9,11,19H,12H2,1-2H3,(H,20,22)/b13-11-. The minimum Gasteiger partial charge on any atom is -0.467 e. The lowest BCUT2D eigenvalue weighted by molar-refractivity contribution is -0.117. The normalized spacial score (nSPS) is 10.7. The van der Waals surface area contributed by atoms with Crippen LogP contribution in [0.4, 0.5) is 11.4 Å². The summed E-state index contributed by atoms with van der Waals surface area (Å²) in [5.74, 6) is 0.171. The molecule has 0 bridgehead atoms. The van der Waals surface area contributed by atoms with Gasteiger partial charge in [0.2, 0.25) is 0 Å². The molecule has 23 heavy (non-hydrogen) atoms. The lowest BCUT2D eigenvalue weighted by atomic mass is 10.2. The first kappa shape index (κ1) is 16.2. The summed E-state index contributed by atoms with van der Waals surface area (Å²) in [6, 6.07) is 13.0. The summed E-state index contributed by atoms with van der Waals surface area (Å²) < 4.78 is 5.12. The van der Waals surface area contributed by atoms with E-state index in [0.29, 0.717) is 5.76 Å². The highest BCUT2D eigenvalue weighted by atomic mass is 16.3. The maximum atomic E-state index is 11.9. The Bertz CT molecular complexity index is 710.